The summed E-state index contributed by atoms with van der Waals surface area (Å²) in [6, 6.07) is 12.1. The van der Waals surface area contributed by atoms with Gasteiger partial charge in [0.15, 0.2) is 12.6 Å². The molecule has 0 atom stereocenters. The number of benzene rings is 1. The van der Waals surface area contributed by atoms with Crippen LogP contribution in [0.5, 0.6) is 0 Å². The van der Waals surface area contributed by atoms with Gasteiger partial charge in [-0.3, -0.25) is 14.6 Å². The zero-order chi connectivity index (χ0) is 23.3. The van der Waals surface area contributed by atoms with Crippen LogP contribution in [0.1, 0.15) is 31.8 Å². The summed E-state index contributed by atoms with van der Waals surface area (Å²) < 4.78 is 28.0. The summed E-state index contributed by atoms with van der Waals surface area (Å²) in [5, 5.41) is 0. The van der Waals surface area contributed by atoms with Gasteiger partial charge in [-0.05, 0) is 65.2 Å². The molecule has 0 aliphatic carbocycles. The standard InChI is InChI=1S/C18H16N2O3S.C5H4BrNO/c1-13-5-3-6-14(2)18(13)17-9-15(12-21)11-20(17)24(22,23)16-7-4-8-19-10-16;6-5-1-4(3-8)2-7-5/h3-12H,1-2H3;1-3,7H. The van der Waals surface area contributed by atoms with E-state index < -0.39 is 10.0 Å². The molecule has 9 heteroatoms. The van der Waals surface area contributed by atoms with Crippen LogP contribution in [-0.4, -0.2) is 34.9 Å². The van der Waals surface area contributed by atoms with Gasteiger partial charge >= 0.3 is 0 Å². The number of carbonyl (C=O) groups is 2. The van der Waals surface area contributed by atoms with E-state index in [0.717, 1.165) is 31.6 Å². The Labute approximate surface area is 194 Å². The Kier molecular flexibility index (Phi) is 7.22. The van der Waals surface area contributed by atoms with Crippen molar-refractivity contribution in [1.29, 1.82) is 0 Å². The zero-order valence-electron chi connectivity index (χ0n) is 17.3. The predicted molar refractivity (Wildman–Crippen MR) is 125 cm³/mol. The van der Waals surface area contributed by atoms with E-state index >= 15 is 0 Å². The third-order valence-corrected chi connectivity index (χ3v) is 6.79. The largest absolute Gasteiger partial charge is 0.355 e. The van der Waals surface area contributed by atoms with Crippen LogP contribution in [0.4, 0.5) is 0 Å². The molecule has 4 aromatic rings. The minimum absolute atomic E-state index is 0.0746. The second-order valence-corrected chi connectivity index (χ2v) is 9.60. The molecule has 164 valence electrons. The highest BCUT2D eigenvalue weighted by atomic mass is 79.9. The van der Waals surface area contributed by atoms with Crippen molar-refractivity contribution in [2.75, 3.05) is 0 Å². The highest BCUT2D eigenvalue weighted by molar-refractivity contribution is 9.10. The SMILES string of the molecule is Cc1cccc(C)c1-c1cc(C=O)cn1S(=O)(=O)c1cccnc1.O=Cc1c[nH]c(Br)c1. The van der Waals surface area contributed by atoms with Gasteiger partial charge in [-0.1, -0.05) is 18.2 Å². The first kappa shape index (κ1) is 23.4. The quantitative estimate of drug-likeness (QED) is 0.386. The lowest BCUT2D eigenvalue weighted by atomic mass is 10.0. The van der Waals surface area contributed by atoms with Crippen LogP contribution in [0.2, 0.25) is 0 Å². The molecular weight excluding hydrogens is 494 g/mol. The van der Waals surface area contributed by atoms with Crippen molar-refractivity contribution in [2.24, 2.45) is 0 Å². The van der Waals surface area contributed by atoms with Gasteiger partial charge in [0.05, 0.1) is 10.3 Å². The molecule has 3 aromatic heterocycles. The number of carbonyl (C=O) groups excluding carboxylic acids is 2. The molecule has 1 aromatic carbocycles. The van der Waals surface area contributed by atoms with E-state index in [1.165, 1.54) is 24.7 Å². The van der Waals surface area contributed by atoms with Gasteiger partial charge in [0.25, 0.3) is 10.0 Å². The number of aryl methyl sites for hydroxylation is 2. The molecule has 0 fully saturated rings. The zero-order valence-corrected chi connectivity index (χ0v) is 19.7. The van der Waals surface area contributed by atoms with Gasteiger partial charge in [-0.15, -0.1) is 0 Å². The highest BCUT2D eigenvalue weighted by Crippen LogP contribution is 2.31. The molecule has 1 N–H and O–H groups in total. The maximum atomic E-state index is 13.0. The number of aldehydes is 2. The highest BCUT2D eigenvalue weighted by Gasteiger charge is 2.23. The lowest BCUT2D eigenvalue weighted by Crippen LogP contribution is -2.14. The van der Waals surface area contributed by atoms with Crippen molar-refractivity contribution in [1.82, 2.24) is 13.9 Å². The van der Waals surface area contributed by atoms with Crippen molar-refractivity contribution >= 4 is 38.5 Å². The molecule has 7 nitrogen and oxygen atoms in total. The van der Waals surface area contributed by atoms with Crippen molar-refractivity contribution in [3.8, 4) is 11.3 Å². The molecule has 0 unspecified atom stereocenters. The number of nitrogens with zero attached hydrogens (tertiary/aromatic N) is 2. The van der Waals surface area contributed by atoms with Gasteiger partial charge in [0, 0.05) is 41.5 Å². The van der Waals surface area contributed by atoms with Crippen molar-refractivity contribution in [3.05, 3.63) is 94.1 Å². The number of H-pyrrole nitrogens is 1. The maximum Gasteiger partial charge on any atom is 0.269 e. The van der Waals surface area contributed by atoms with Crippen molar-refractivity contribution in [2.45, 2.75) is 18.7 Å². The molecular formula is C23H20BrN3O4S. The van der Waals surface area contributed by atoms with Crippen LogP contribution in [0, 0.1) is 13.8 Å². The van der Waals surface area contributed by atoms with Crippen molar-refractivity contribution in [3.63, 3.8) is 0 Å². The smallest absolute Gasteiger partial charge is 0.269 e. The minimum Gasteiger partial charge on any atom is -0.355 e. The normalized spacial score (nSPS) is 10.8. The fraction of sp³-hybridized carbons (Fsp3) is 0.0870. The summed E-state index contributed by atoms with van der Waals surface area (Å²) in [6.45, 7) is 3.83. The third kappa shape index (κ3) is 4.95. The van der Waals surface area contributed by atoms with E-state index in [2.05, 4.69) is 25.9 Å². The van der Waals surface area contributed by atoms with Gasteiger partial charge in [0.1, 0.15) is 4.90 Å². The Morgan fingerprint density at radius 3 is 2.19 bits per heavy atom. The average molecular weight is 514 g/mol. The topological polar surface area (TPSA) is 102 Å². The number of pyridine rings is 1. The monoisotopic (exact) mass is 513 g/mol. The second-order valence-electron chi connectivity index (χ2n) is 6.93. The molecule has 0 bridgehead atoms. The fourth-order valence-corrected chi connectivity index (χ4v) is 4.91. The Morgan fingerprint density at radius 1 is 1.00 bits per heavy atom. The fourth-order valence-electron chi connectivity index (χ4n) is 3.19. The summed E-state index contributed by atoms with van der Waals surface area (Å²) >= 11 is 3.16. The number of aromatic nitrogens is 3. The lowest BCUT2D eigenvalue weighted by Gasteiger charge is -2.14. The van der Waals surface area contributed by atoms with Crippen LogP contribution < -0.4 is 0 Å². The van der Waals surface area contributed by atoms with Crippen LogP contribution >= 0.6 is 15.9 Å². The van der Waals surface area contributed by atoms with E-state index in [-0.39, 0.29) is 4.90 Å². The van der Waals surface area contributed by atoms with Crippen LogP contribution in [-0.2, 0) is 10.0 Å². The van der Waals surface area contributed by atoms with E-state index in [1.807, 2.05) is 32.0 Å². The number of aromatic amines is 1. The van der Waals surface area contributed by atoms with Gasteiger partial charge < -0.3 is 4.98 Å². The molecule has 0 aliphatic rings. The first-order chi connectivity index (χ1) is 15.3. The number of rotatable bonds is 5. The first-order valence-electron chi connectivity index (χ1n) is 9.46. The maximum absolute atomic E-state index is 13.0. The first-order valence-corrected chi connectivity index (χ1v) is 11.7. The summed E-state index contributed by atoms with van der Waals surface area (Å²) in [7, 11) is -3.85. The van der Waals surface area contributed by atoms with Gasteiger partial charge in [-0.25, -0.2) is 12.4 Å². The Bertz CT molecular complexity index is 1340. The third-order valence-electron chi connectivity index (χ3n) is 4.68. The lowest BCUT2D eigenvalue weighted by molar-refractivity contribution is 0.111. The second kappa shape index (κ2) is 9.88. The predicted octanol–water partition coefficient (Wildman–Crippen LogP) is 4.81. The average Bonchev–Trinajstić information content (AvgIpc) is 3.41. The number of halogens is 1. The molecule has 0 saturated carbocycles. The van der Waals surface area contributed by atoms with E-state index in [0.29, 0.717) is 23.1 Å². The summed E-state index contributed by atoms with van der Waals surface area (Å²) in [5.74, 6) is 0. The Morgan fingerprint density at radius 2 is 1.69 bits per heavy atom. The molecule has 0 radical (unpaired) electrons. The molecule has 32 heavy (non-hydrogen) atoms. The number of hydrogen-bond donors (Lipinski definition) is 1. The Hall–Kier alpha value is -3.30. The van der Waals surface area contributed by atoms with E-state index in [1.54, 1.807) is 24.4 Å². The van der Waals surface area contributed by atoms with Crippen LogP contribution in [0.15, 0.2) is 76.8 Å². The van der Waals surface area contributed by atoms with E-state index in [4.69, 9.17) is 0 Å². The molecule has 0 aliphatic heterocycles. The summed E-state index contributed by atoms with van der Waals surface area (Å²) in [5.41, 5.74) is 4.12. The molecule has 3 heterocycles. The number of hydrogen-bond acceptors (Lipinski definition) is 5. The van der Waals surface area contributed by atoms with Gasteiger partial charge in [-0.2, -0.15) is 0 Å². The summed E-state index contributed by atoms with van der Waals surface area (Å²) in [6.07, 6.45) is 7.23. The van der Waals surface area contributed by atoms with Crippen LogP contribution in [0.25, 0.3) is 11.3 Å². The molecule has 0 amide bonds. The van der Waals surface area contributed by atoms with Crippen LogP contribution in [0.3, 0.4) is 0 Å². The molecule has 4 rings (SSSR count). The molecule has 0 saturated heterocycles. The van der Waals surface area contributed by atoms with Crippen molar-refractivity contribution < 1.29 is 18.0 Å². The summed E-state index contributed by atoms with van der Waals surface area (Å²) in [4.78, 5) is 28.0. The number of nitrogens with one attached hydrogen (secondary N) is 1. The Balaban J connectivity index is 0.000000305. The minimum atomic E-state index is -3.85. The molecule has 0 spiro atoms. The van der Waals surface area contributed by atoms with Gasteiger partial charge in [0.2, 0.25) is 0 Å². The van der Waals surface area contributed by atoms with E-state index in [9.17, 15) is 18.0 Å².